The lowest BCUT2D eigenvalue weighted by Crippen LogP contribution is -2.55. The van der Waals surface area contributed by atoms with E-state index in [-0.39, 0.29) is 50.2 Å². The predicted octanol–water partition coefficient (Wildman–Crippen LogP) is 7.89. The quantitative estimate of drug-likeness (QED) is 0.0787. The summed E-state index contributed by atoms with van der Waals surface area (Å²) in [5.41, 5.74) is 3.07. The number of amides is 2. The zero-order valence-electron chi connectivity index (χ0n) is 38.9. The van der Waals surface area contributed by atoms with Gasteiger partial charge in [-0.25, -0.2) is 18.2 Å². The third kappa shape index (κ3) is 8.54. The van der Waals surface area contributed by atoms with Gasteiger partial charge in [-0.15, -0.1) is 0 Å². The monoisotopic (exact) mass is 1080 g/mol. The molecule has 5 fully saturated rings. The van der Waals surface area contributed by atoms with Crippen LogP contribution in [-0.4, -0.2) is 109 Å². The van der Waals surface area contributed by atoms with Crippen LogP contribution in [0, 0.1) is 23.1 Å². The molecule has 15 nitrogen and oxygen atoms in total. The van der Waals surface area contributed by atoms with E-state index in [1.165, 1.54) is 10.6 Å². The fourth-order valence-electron chi connectivity index (χ4n) is 11.6. The van der Waals surface area contributed by atoms with Gasteiger partial charge in [-0.3, -0.25) is 24.4 Å². The van der Waals surface area contributed by atoms with E-state index < -0.39 is 30.0 Å². The van der Waals surface area contributed by atoms with Gasteiger partial charge in [0, 0.05) is 73.1 Å². The molecule has 366 valence electrons. The highest BCUT2D eigenvalue weighted by Gasteiger charge is 2.51. The van der Waals surface area contributed by atoms with Crippen LogP contribution in [0.5, 0.6) is 5.75 Å². The number of rotatable bonds is 8. The lowest BCUT2D eigenvalue weighted by molar-refractivity contribution is -0.134. The van der Waals surface area contributed by atoms with Gasteiger partial charge >= 0.3 is 5.92 Å². The number of anilines is 5. The second-order valence-electron chi connectivity index (χ2n) is 20.5. The molecule has 5 aliphatic heterocycles. The summed E-state index contributed by atoms with van der Waals surface area (Å²) >= 11 is 9.36. The molecule has 11 rings (SSSR count). The van der Waals surface area contributed by atoms with E-state index in [9.17, 15) is 14.4 Å². The van der Waals surface area contributed by atoms with Crippen LogP contribution in [0.4, 0.5) is 42.0 Å². The second kappa shape index (κ2) is 17.5. The topological polar surface area (TPSA) is 155 Å². The van der Waals surface area contributed by atoms with Crippen molar-refractivity contribution in [3.63, 3.8) is 0 Å². The number of nitrogens with zero attached hydrogens (tertiary/aromatic N) is 8. The lowest BCUT2D eigenvalue weighted by Gasteiger charge is -2.50. The maximum atomic E-state index is 16.0. The zero-order valence-corrected chi connectivity index (χ0v) is 41.8. The molecular formula is C49H56ClF3IN11O4. The van der Waals surface area contributed by atoms with E-state index in [0.29, 0.717) is 75.3 Å². The minimum Gasteiger partial charge on any atom is -0.480 e. The number of likely N-dealkylation sites (tertiary alicyclic amines) is 1. The Morgan fingerprint density at radius 1 is 0.942 bits per heavy atom. The van der Waals surface area contributed by atoms with E-state index in [1.54, 1.807) is 24.0 Å². The van der Waals surface area contributed by atoms with E-state index in [0.717, 1.165) is 83.4 Å². The van der Waals surface area contributed by atoms with Gasteiger partial charge in [0.15, 0.2) is 12.4 Å². The molecule has 8 heterocycles. The van der Waals surface area contributed by atoms with Crippen molar-refractivity contribution in [3.05, 3.63) is 63.4 Å². The molecule has 4 saturated heterocycles. The van der Waals surface area contributed by atoms with Crippen LogP contribution >= 0.6 is 34.2 Å². The molecule has 1 saturated carbocycles. The Labute approximate surface area is 416 Å². The number of nitrogens with one attached hydrogen (secondary N) is 3. The molecule has 4 atom stereocenters. The third-order valence-corrected chi connectivity index (χ3v) is 18.4. The van der Waals surface area contributed by atoms with Gasteiger partial charge in [0.05, 0.1) is 46.3 Å². The number of ether oxygens (including phenoxy) is 1. The first-order valence-electron chi connectivity index (χ1n) is 24.1. The lowest BCUT2D eigenvalue weighted by atomic mass is 9.71. The molecule has 69 heavy (non-hydrogen) atoms. The number of hydrogen-bond acceptors (Lipinski definition) is 12. The van der Waals surface area contributed by atoms with Crippen molar-refractivity contribution in [3.8, 4) is 5.75 Å². The van der Waals surface area contributed by atoms with Crippen LogP contribution in [0.2, 0.25) is 5.02 Å². The minimum atomic E-state index is -3.14. The molecule has 2 amide bonds. The Hall–Kier alpha value is -4.89. The minimum absolute atomic E-state index is 0.0397. The number of fused-ring (bicyclic) bond motifs is 4. The maximum absolute atomic E-state index is 16.0. The molecule has 6 aliphatic rings. The summed E-state index contributed by atoms with van der Waals surface area (Å²) in [6.07, 6.45) is 8.81. The van der Waals surface area contributed by atoms with Crippen molar-refractivity contribution in [2.45, 2.75) is 86.0 Å². The number of aryl methyl sites for hydroxylation is 2. The zero-order chi connectivity index (χ0) is 48.1. The maximum Gasteiger partial charge on any atom is 0.301 e. The highest BCUT2D eigenvalue weighted by atomic mass is 127. The van der Waals surface area contributed by atoms with Crippen LogP contribution in [0.25, 0.3) is 21.8 Å². The van der Waals surface area contributed by atoms with Crippen molar-refractivity contribution in [1.82, 2.24) is 34.5 Å². The molecule has 3 N–H and O–H groups in total. The Balaban J connectivity index is 0.709. The smallest absolute Gasteiger partial charge is 0.301 e. The molecule has 2 aromatic carbocycles. The first-order chi connectivity index (χ1) is 33.0. The van der Waals surface area contributed by atoms with Crippen molar-refractivity contribution in [2.24, 2.45) is 31.3 Å². The van der Waals surface area contributed by atoms with Crippen LogP contribution in [-0.2, 0) is 23.7 Å². The second-order valence-corrected chi connectivity index (χ2v) is 23.1. The van der Waals surface area contributed by atoms with E-state index in [4.69, 9.17) is 21.3 Å². The molecule has 20 heteroatoms. The molecular weight excluding hydrogens is 1030 g/mol. The fraction of sp³-hybridized carbons (Fsp3) is 0.551. The van der Waals surface area contributed by atoms with Crippen molar-refractivity contribution >= 4 is 96.6 Å². The van der Waals surface area contributed by atoms with E-state index in [2.05, 4.69) is 70.2 Å². The number of hydrogen-bond donors (Lipinski definition) is 3. The van der Waals surface area contributed by atoms with Gasteiger partial charge in [0.2, 0.25) is 23.5 Å². The van der Waals surface area contributed by atoms with E-state index in [1.807, 2.05) is 25.2 Å². The number of piperidine rings is 4. The SMILES string of the molecule is C[C@@H]1CN(c2cc3c(cc2F)c(C2CCC(=O)NC2=O)nn3C)CC[C@]1(I)CN1CCC2(CC1)CCN(c1ncc(Cl)c(Nc3ccc4c(c3)c3c(c(=O)n4C)OCC(F)(F)[C@H](C4CC4)N3)n1)CC2. The summed E-state index contributed by atoms with van der Waals surface area (Å²) in [6, 6.07) is 7.65. The molecule has 5 aromatic rings. The number of imide groups is 1. The van der Waals surface area contributed by atoms with Crippen molar-refractivity contribution in [1.29, 1.82) is 0 Å². The van der Waals surface area contributed by atoms with Gasteiger partial charge in [0.25, 0.3) is 5.56 Å². The third-order valence-electron chi connectivity index (χ3n) is 16.1. The summed E-state index contributed by atoms with van der Waals surface area (Å²) in [5, 5.41) is 14.9. The number of aromatic nitrogens is 5. The molecule has 1 spiro atoms. The number of benzene rings is 2. The standard InChI is InChI=1S/C49H56ClF3IN11O4/c1-27-24-65(37-22-36-32(21-34(37)51)39(60-62(36)3)30-7-9-38(66)57-44(30)67)19-14-48(27,54)25-63-15-10-47(11-16-63)12-17-64(18-13-47)46-55-23-33(50)43(59-46)56-29-6-8-35-31(20-29)40-41(45(68)61(35)2)69-26-49(52,53)42(58-40)28-4-5-28/h6,8,20-23,27-28,30,42,58H,4-5,7,9-19,24-26H2,1-3H3,(H,55,56,59)(H,57,66,67)/t27-,30?,42+,48+/m1/s1. The first kappa shape index (κ1) is 46.5. The number of alkyl halides is 3. The summed E-state index contributed by atoms with van der Waals surface area (Å²) in [7, 11) is 3.42. The summed E-state index contributed by atoms with van der Waals surface area (Å²) in [4.78, 5) is 54.3. The number of carbonyl (C=O) groups excluding carboxylic acids is 2. The predicted molar refractivity (Wildman–Crippen MR) is 268 cm³/mol. The molecule has 0 bridgehead atoms. The Kier molecular flexibility index (Phi) is 11.8. The van der Waals surface area contributed by atoms with Crippen LogP contribution in [0.15, 0.2) is 41.3 Å². The van der Waals surface area contributed by atoms with Crippen molar-refractivity contribution in [2.75, 3.05) is 72.9 Å². The molecule has 3 aromatic heterocycles. The number of carbonyl (C=O) groups is 2. The molecule has 1 unspecified atom stereocenters. The number of pyridine rings is 1. The fourth-order valence-corrected chi connectivity index (χ4v) is 12.7. The van der Waals surface area contributed by atoms with Gasteiger partial charge < -0.3 is 34.6 Å². The molecule has 0 radical (unpaired) electrons. The summed E-state index contributed by atoms with van der Waals surface area (Å²) < 4.78 is 55.1. The largest absolute Gasteiger partial charge is 0.480 e. The van der Waals surface area contributed by atoms with Gasteiger partial charge in [-0.1, -0.05) is 41.1 Å². The average molecular weight is 1080 g/mol. The van der Waals surface area contributed by atoms with E-state index >= 15 is 13.2 Å². The Morgan fingerprint density at radius 3 is 2.41 bits per heavy atom. The number of halogens is 5. The van der Waals surface area contributed by atoms with Gasteiger partial charge in [-0.2, -0.15) is 10.1 Å². The van der Waals surface area contributed by atoms with Crippen LogP contribution < -0.4 is 36.0 Å². The normalized spacial score (nSPS) is 26.1. The Bertz CT molecular complexity index is 2950. The highest BCUT2D eigenvalue weighted by molar-refractivity contribution is 14.1. The molecule has 1 aliphatic carbocycles. The van der Waals surface area contributed by atoms with Crippen LogP contribution in [0.1, 0.15) is 76.3 Å². The van der Waals surface area contributed by atoms with Gasteiger partial charge in [-0.05, 0) is 112 Å². The summed E-state index contributed by atoms with van der Waals surface area (Å²) in [5.74, 6) is -3.72. The van der Waals surface area contributed by atoms with Gasteiger partial charge in [0.1, 0.15) is 10.8 Å². The van der Waals surface area contributed by atoms with Crippen molar-refractivity contribution < 1.29 is 27.5 Å². The first-order valence-corrected chi connectivity index (χ1v) is 25.6. The van der Waals surface area contributed by atoms with Crippen LogP contribution in [0.3, 0.4) is 0 Å². The average Bonchev–Trinajstić information content (AvgIpc) is 4.13. The Morgan fingerprint density at radius 2 is 1.68 bits per heavy atom. The highest BCUT2D eigenvalue weighted by Crippen LogP contribution is 2.48. The summed E-state index contributed by atoms with van der Waals surface area (Å²) in [6.45, 7) is 7.56.